The summed E-state index contributed by atoms with van der Waals surface area (Å²) in [4.78, 5) is 13.7. The lowest BCUT2D eigenvalue weighted by molar-refractivity contribution is -0.133. The zero-order valence-electron chi connectivity index (χ0n) is 7.55. The van der Waals surface area contributed by atoms with Crippen molar-refractivity contribution in [1.82, 2.24) is 10.2 Å². The van der Waals surface area contributed by atoms with Crippen molar-refractivity contribution in [2.45, 2.75) is 13.3 Å². The van der Waals surface area contributed by atoms with E-state index < -0.39 is 0 Å². The van der Waals surface area contributed by atoms with Crippen LogP contribution in [0.15, 0.2) is 0 Å². The van der Waals surface area contributed by atoms with Gasteiger partial charge in [-0.3, -0.25) is 4.79 Å². The van der Waals surface area contributed by atoms with E-state index in [1.165, 1.54) is 0 Å². The van der Waals surface area contributed by atoms with Crippen LogP contribution in [0.1, 0.15) is 13.3 Å². The Morgan fingerprint density at radius 3 is 2.50 bits per heavy atom. The first-order valence-corrected chi connectivity index (χ1v) is 4.78. The number of carbonyl (C=O) groups is 1. The lowest BCUT2D eigenvalue weighted by Crippen LogP contribution is -2.47. The fraction of sp³-hybridized carbons (Fsp3) is 0.889. The third-order valence-electron chi connectivity index (χ3n) is 2.86. The minimum Gasteiger partial charge on any atom is -0.340 e. The molecule has 0 radical (unpaired) electrons. The number of nitrogens with one attached hydrogen (secondary N) is 1. The Kier molecular flexibility index (Phi) is 2.05. The fourth-order valence-corrected chi connectivity index (χ4v) is 1.79. The molecule has 1 saturated carbocycles. The van der Waals surface area contributed by atoms with Crippen molar-refractivity contribution in [2.24, 2.45) is 11.8 Å². The Labute approximate surface area is 73.1 Å². The molecule has 1 heterocycles. The van der Waals surface area contributed by atoms with Gasteiger partial charge in [0, 0.05) is 32.1 Å². The molecule has 2 fully saturated rings. The molecule has 2 rings (SSSR count). The topological polar surface area (TPSA) is 32.3 Å². The van der Waals surface area contributed by atoms with E-state index in [1.807, 2.05) is 4.90 Å². The minimum absolute atomic E-state index is 0.364. The van der Waals surface area contributed by atoms with E-state index in [9.17, 15) is 4.79 Å². The predicted molar refractivity (Wildman–Crippen MR) is 46.7 cm³/mol. The highest BCUT2D eigenvalue weighted by Gasteiger charge is 2.41. The molecular formula is C9H16N2O. The van der Waals surface area contributed by atoms with E-state index in [1.54, 1.807) is 0 Å². The summed E-state index contributed by atoms with van der Waals surface area (Å²) < 4.78 is 0. The fourth-order valence-electron chi connectivity index (χ4n) is 1.79. The van der Waals surface area contributed by atoms with Crippen molar-refractivity contribution in [3.05, 3.63) is 0 Å². The van der Waals surface area contributed by atoms with Gasteiger partial charge in [-0.1, -0.05) is 6.92 Å². The molecule has 12 heavy (non-hydrogen) atoms. The largest absolute Gasteiger partial charge is 0.340 e. The van der Waals surface area contributed by atoms with E-state index in [-0.39, 0.29) is 0 Å². The molecule has 0 unspecified atom stereocenters. The third kappa shape index (κ3) is 1.46. The van der Waals surface area contributed by atoms with Gasteiger partial charge < -0.3 is 10.2 Å². The molecule has 0 aromatic heterocycles. The van der Waals surface area contributed by atoms with Gasteiger partial charge in [0.15, 0.2) is 0 Å². The highest BCUT2D eigenvalue weighted by molar-refractivity contribution is 5.81. The molecule has 0 bridgehead atoms. The van der Waals surface area contributed by atoms with Crippen molar-refractivity contribution in [3.63, 3.8) is 0 Å². The molecule has 2 aliphatic rings. The van der Waals surface area contributed by atoms with Gasteiger partial charge >= 0.3 is 0 Å². The van der Waals surface area contributed by atoms with E-state index in [0.717, 1.165) is 32.6 Å². The predicted octanol–water partition coefficient (Wildman–Crippen LogP) is 0.0742. The summed E-state index contributed by atoms with van der Waals surface area (Å²) in [7, 11) is 0. The van der Waals surface area contributed by atoms with Gasteiger partial charge in [-0.25, -0.2) is 0 Å². The number of rotatable bonds is 1. The van der Waals surface area contributed by atoms with Crippen LogP contribution >= 0.6 is 0 Å². The van der Waals surface area contributed by atoms with Crippen molar-refractivity contribution in [1.29, 1.82) is 0 Å². The standard InChI is InChI=1S/C9H16N2O/c1-7-6-8(7)9(12)11-4-2-10-3-5-11/h7-8,10H,2-6H2,1H3/t7-,8+/m0/s1. The van der Waals surface area contributed by atoms with Crippen LogP contribution in [0.5, 0.6) is 0 Å². The van der Waals surface area contributed by atoms with Gasteiger partial charge in [-0.15, -0.1) is 0 Å². The van der Waals surface area contributed by atoms with Gasteiger partial charge in [0.1, 0.15) is 0 Å². The van der Waals surface area contributed by atoms with Crippen LogP contribution < -0.4 is 5.32 Å². The smallest absolute Gasteiger partial charge is 0.226 e. The molecule has 2 atom stereocenters. The van der Waals surface area contributed by atoms with E-state index >= 15 is 0 Å². The normalized spacial score (nSPS) is 34.9. The summed E-state index contributed by atoms with van der Waals surface area (Å²) in [5.41, 5.74) is 0. The Balaban J connectivity index is 1.86. The summed E-state index contributed by atoms with van der Waals surface area (Å²) >= 11 is 0. The second-order valence-electron chi connectivity index (χ2n) is 3.89. The van der Waals surface area contributed by atoms with Crippen LogP contribution in [0.25, 0.3) is 0 Å². The van der Waals surface area contributed by atoms with E-state index in [0.29, 0.717) is 17.7 Å². The number of hydrogen-bond acceptors (Lipinski definition) is 2. The molecule has 68 valence electrons. The van der Waals surface area contributed by atoms with Crippen LogP contribution in [-0.2, 0) is 4.79 Å². The molecule has 0 aromatic carbocycles. The van der Waals surface area contributed by atoms with Gasteiger partial charge in [0.2, 0.25) is 5.91 Å². The van der Waals surface area contributed by atoms with Gasteiger partial charge in [-0.2, -0.15) is 0 Å². The average molecular weight is 168 g/mol. The summed E-state index contributed by atoms with van der Waals surface area (Å²) in [6.45, 7) is 5.90. The Morgan fingerprint density at radius 1 is 1.42 bits per heavy atom. The molecular weight excluding hydrogens is 152 g/mol. The lowest BCUT2D eigenvalue weighted by atomic mass is 10.2. The quantitative estimate of drug-likeness (QED) is 0.601. The zero-order chi connectivity index (χ0) is 8.55. The van der Waals surface area contributed by atoms with Crippen molar-refractivity contribution < 1.29 is 4.79 Å². The Hall–Kier alpha value is -0.570. The van der Waals surface area contributed by atoms with Crippen LogP contribution in [0, 0.1) is 11.8 Å². The van der Waals surface area contributed by atoms with Crippen LogP contribution in [0.4, 0.5) is 0 Å². The van der Waals surface area contributed by atoms with Crippen molar-refractivity contribution in [3.8, 4) is 0 Å². The average Bonchev–Trinajstić information content (AvgIpc) is 2.83. The van der Waals surface area contributed by atoms with Gasteiger partial charge in [-0.05, 0) is 12.3 Å². The van der Waals surface area contributed by atoms with Crippen molar-refractivity contribution >= 4 is 5.91 Å². The molecule has 0 spiro atoms. The Bertz CT molecular complexity index is 187. The van der Waals surface area contributed by atoms with Gasteiger partial charge in [0.25, 0.3) is 0 Å². The maximum Gasteiger partial charge on any atom is 0.226 e. The SMILES string of the molecule is C[C@H]1C[C@H]1C(=O)N1CCNCC1. The highest BCUT2D eigenvalue weighted by atomic mass is 16.2. The third-order valence-corrected chi connectivity index (χ3v) is 2.86. The molecule has 1 amide bonds. The van der Waals surface area contributed by atoms with E-state index in [2.05, 4.69) is 12.2 Å². The molecule has 0 aromatic rings. The number of piperazine rings is 1. The molecule has 1 aliphatic heterocycles. The lowest BCUT2D eigenvalue weighted by Gasteiger charge is -2.27. The number of carbonyl (C=O) groups excluding carboxylic acids is 1. The first-order chi connectivity index (χ1) is 5.79. The van der Waals surface area contributed by atoms with E-state index in [4.69, 9.17) is 0 Å². The van der Waals surface area contributed by atoms with Crippen LogP contribution in [-0.4, -0.2) is 37.0 Å². The summed E-state index contributed by atoms with van der Waals surface area (Å²) in [5, 5.41) is 3.25. The number of hydrogen-bond donors (Lipinski definition) is 1. The second-order valence-corrected chi connectivity index (χ2v) is 3.89. The van der Waals surface area contributed by atoms with Gasteiger partial charge in [0.05, 0.1) is 0 Å². The number of nitrogens with zero attached hydrogens (tertiary/aromatic N) is 1. The first kappa shape index (κ1) is 8.05. The maximum atomic E-state index is 11.7. The van der Waals surface area contributed by atoms with Crippen LogP contribution in [0.3, 0.4) is 0 Å². The molecule has 3 heteroatoms. The zero-order valence-corrected chi connectivity index (χ0v) is 7.55. The monoisotopic (exact) mass is 168 g/mol. The second kappa shape index (κ2) is 3.05. The first-order valence-electron chi connectivity index (χ1n) is 4.78. The Morgan fingerprint density at radius 2 is 2.00 bits per heavy atom. The number of amides is 1. The molecule has 1 aliphatic carbocycles. The summed E-state index contributed by atoms with van der Waals surface area (Å²) in [6, 6.07) is 0. The molecule has 3 nitrogen and oxygen atoms in total. The summed E-state index contributed by atoms with van der Waals surface area (Å²) in [6.07, 6.45) is 1.11. The summed E-state index contributed by atoms with van der Waals surface area (Å²) in [5.74, 6) is 1.40. The molecule has 1 saturated heterocycles. The molecule has 1 N–H and O–H groups in total. The minimum atomic E-state index is 0.364. The maximum absolute atomic E-state index is 11.7. The highest BCUT2D eigenvalue weighted by Crippen LogP contribution is 2.39. The van der Waals surface area contributed by atoms with Crippen LogP contribution in [0.2, 0.25) is 0 Å². The van der Waals surface area contributed by atoms with Crippen molar-refractivity contribution in [2.75, 3.05) is 26.2 Å².